The Morgan fingerprint density at radius 2 is 2.10 bits per heavy atom. The Morgan fingerprint density at radius 3 is 2.76 bits per heavy atom. The van der Waals surface area contributed by atoms with Crippen LogP contribution in [0.15, 0.2) is 40.6 Å². The molecule has 3 nitrogen and oxygen atoms in total. The van der Waals surface area contributed by atoms with Gasteiger partial charge in [0, 0.05) is 23.6 Å². The molecule has 1 aromatic rings. The number of nitrogens with one attached hydrogen (secondary N) is 1. The standard InChI is InChI=1S/C17H22N2OS/c1-13-4-2-3-5-16(13)21-11-8-17(20)18-15-12-19-9-6-14(15)7-10-19/h2-5,8,11,14-15H,6-7,9-10,12H2,1H3,(H,18,20). The first kappa shape index (κ1) is 14.7. The van der Waals surface area contributed by atoms with E-state index in [1.54, 1.807) is 17.8 Å². The molecular weight excluding hydrogens is 280 g/mol. The fraction of sp³-hybridized carbons (Fsp3) is 0.471. The summed E-state index contributed by atoms with van der Waals surface area (Å²) in [4.78, 5) is 15.7. The minimum atomic E-state index is 0.0369. The zero-order chi connectivity index (χ0) is 14.7. The van der Waals surface area contributed by atoms with E-state index in [0.717, 1.165) is 6.54 Å². The number of amides is 1. The molecule has 0 radical (unpaired) electrons. The number of piperidine rings is 3. The molecule has 4 heteroatoms. The third-order valence-corrected chi connectivity index (χ3v) is 5.48. The minimum absolute atomic E-state index is 0.0369. The fourth-order valence-electron chi connectivity index (χ4n) is 3.22. The summed E-state index contributed by atoms with van der Waals surface area (Å²) in [6, 6.07) is 8.56. The maximum absolute atomic E-state index is 12.0. The van der Waals surface area contributed by atoms with Gasteiger partial charge in [-0.25, -0.2) is 0 Å². The number of fused-ring (bicyclic) bond motifs is 3. The van der Waals surface area contributed by atoms with E-state index in [4.69, 9.17) is 0 Å². The van der Waals surface area contributed by atoms with Crippen molar-refractivity contribution >= 4 is 17.7 Å². The first-order valence-corrected chi connectivity index (χ1v) is 8.52. The Labute approximate surface area is 130 Å². The van der Waals surface area contributed by atoms with Crippen LogP contribution in [0.25, 0.3) is 0 Å². The molecular formula is C17H22N2OS. The summed E-state index contributed by atoms with van der Waals surface area (Å²) < 4.78 is 0. The summed E-state index contributed by atoms with van der Waals surface area (Å²) in [5.41, 5.74) is 1.24. The Kier molecular flexibility index (Phi) is 4.66. The highest BCUT2D eigenvalue weighted by atomic mass is 32.2. The van der Waals surface area contributed by atoms with Crippen molar-refractivity contribution in [3.8, 4) is 0 Å². The van der Waals surface area contributed by atoms with Crippen molar-refractivity contribution in [3.05, 3.63) is 41.3 Å². The summed E-state index contributed by atoms with van der Waals surface area (Å²) in [6.07, 6.45) is 4.12. The second-order valence-corrected chi connectivity index (χ2v) is 6.89. The predicted octanol–water partition coefficient (Wildman–Crippen LogP) is 2.81. The Morgan fingerprint density at radius 1 is 1.33 bits per heavy atom. The lowest BCUT2D eigenvalue weighted by Gasteiger charge is -2.44. The van der Waals surface area contributed by atoms with Gasteiger partial charge >= 0.3 is 0 Å². The van der Waals surface area contributed by atoms with E-state index in [9.17, 15) is 4.79 Å². The molecule has 0 aromatic heterocycles. The van der Waals surface area contributed by atoms with Crippen molar-refractivity contribution in [1.82, 2.24) is 10.2 Å². The van der Waals surface area contributed by atoms with Gasteiger partial charge in [0.05, 0.1) is 0 Å². The summed E-state index contributed by atoms with van der Waals surface area (Å²) in [6.45, 7) is 5.52. The van der Waals surface area contributed by atoms with Crippen LogP contribution in [0.3, 0.4) is 0 Å². The van der Waals surface area contributed by atoms with Crippen LogP contribution in [0.5, 0.6) is 0 Å². The normalized spacial score (nSPS) is 28.0. The molecule has 21 heavy (non-hydrogen) atoms. The quantitative estimate of drug-likeness (QED) is 0.686. The predicted molar refractivity (Wildman–Crippen MR) is 87.3 cm³/mol. The lowest BCUT2D eigenvalue weighted by Crippen LogP contribution is -2.57. The summed E-state index contributed by atoms with van der Waals surface area (Å²) >= 11 is 1.60. The largest absolute Gasteiger partial charge is 0.348 e. The van der Waals surface area contributed by atoms with Crippen molar-refractivity contribution in [2.75, 3.05) is 19.6 Å². The number of hydrogen-bond acceptors (Lipinski definition) is 3. The topological polar surface area (TPSA) is 32.3 Å². The van der Waals surface area contributed by atoms with Gasteiger partial charge in [0.2, 0.25) is 5.91 Å². The van der Waals surface area contributed by atoms with Crippen LogP contribution < -0.4 is 5.32 Å². The minimum Gasteiger partial charge on any atom is -0.348 e. The van der Waals surface area contributed by atoms with E-state index >= 15 is 0 Å². The molecule has 3 heterocycles. The van der Waals surface area contributed by atoms with E-state index in [0.29, 0.717) is 12.0 Å². The molecule has 1 aromatic carbocycles. The van der Waals surface area contributed by atoms with Gasteiger partial charge in [-0.05, 0) is 55.8 Å². The number of rotatable bonds is 4. The van der Waals surface area contributed by atoms with E-state index < -0.39 is 0 Å². The van der Waals surface area contributed by atoms with Crippen molar-refractivity contribution in [2.45, 2.75) is 30.7 Å². The maximum Gasteiger partial charge on any atom is 0.244 e. The molecule has 1 atom stereocenters. The number of benzene rings is 1. The van der Waals surface area contributed by atoms with Crippen LogP contribution in [0.2, 0.25) is 0 Å². The van der Waals surface area contributed by atoms with E-state index in [1.165, 1.54) is 36.4 Å². The molecule has 0 saturated carbocycles. The molecule has 3 saturated heterocycles. The van der Waals surface area contributed by atoms with Crippen LogP contribution in [0.4, 0.5) is 0 Å². The average Bonchev–Trinajstić information content (AvgIpc) is 2.50. The summed E-state index contributed by atoms with van der Waals surface area (Å²) in [7, 11) is 0. The molecule has 1 unspecified atom stereocenters. The number of carbonyl (C=O) groups is 1. The van der Waals surface area contributed by atoms with Gasteiger partial charge in [0.25, 0.3) is 0 Å². The van der Waals surface area contributed by atoms with E-state index in [1.807, 2.05) is 17.5 Å². The van der Waals surface area contributed by atoms with E-state index in [2.05, 4.69) is 29.3 Å². The fourth-order valence-corrected chi connectivity index (χ4v) is 3.97. The van der Waals surface area contributed by atoms with Crippen LogP contribution in [0, 0.1) is 12.8 Å². The monoisotopic (exact) mass is 302 g/mol. The van der Waals surface area contributed by atoms with Gasteiger partial charge in [-0.15, -0.1) is 0 Å². The Balaban J connectivity index is 1.50. The molecule has 2 bridgehead atoms. The number of thioether (sulfide) groups is 1. The van der Waals surface area contributed by atoms with Crippen molar-refractivity contribution in [1.29, 1.82) is 0 Å². The smallest absolute Gasteiger partial charge is 0.244 e. The van der Waals surface area contributed by atoms with Crippen molar-refractivity contribution in [3.63, 3.8) is 0 Å². The molecule has 3 aliphatic heterocycles. The van der Waals surface area contributed by atoms with E-state index in [-0.39, 0.29) is 5.91 Å². The van der Waals surface area contributed by atoms with Gasteiger partial charge in [0.1, 0.15) is 0 Å². The molecule has 112 valence electrons. The Bertz CT molecular complexity index is 535. The van der Waals surface area contributed by atoms with Gasteiger partial charge in [-0.1, -0.05) is 30.0 Å². The van der Waals surface area contributed by atoms with Crippen molar-refractivity contribution < 1.29 is 4.79 Å². The van der Waals surface area contributed by atoms with Gasteiger partial charge in [-0.2, -0.15) is 0 Å². The maximum atomic E-state index is 12.0. The number of aryl methyl sites for hydroxylation is 1. The molecule has 3 aliphatic rings. The summed E-state index contributed by atoms with van der Waals surface area (Å²) in [5, 5.41) is 5.06. The summed E-state index contributed by atoms with van der Waals surface area (Å²) in [5.74, 6) is 0.714. The molecule has 4 rings (SSSR count). The first-order chi connectivity index (χ1) is 10.2. The highest BCUT2D eigenvalue weighted by molar-refractivity contribution is 8.02. The Hall–Kier alpha value is -1.26. The van der Waals surface area contributed by atoms with Gasteiger partial charge in [-0.3, -0.25) is 4.79 Å². The lowest BCUT2D eigenvalue weighted by molar-refractivity contribution is -0.118. The highest BCUT2D eigenvalue weighted by Crippen LogP contribution is 2.27. The lowest BCUT2D eigenvalue weighted by atomic mass is 9.84. The number of nitrogens with zero attached hydrogens (tertiary/aromatic N) is 1. The SMILES string of the molecule is Cc1ccccc1SC=CC(=O)NC1CN2CCC1CC2. The van der Waals surface area contributed by atoms with Gasteiger partial charge in [0.15, 0.2) is 0 Å². The molecule has 1 N–H and O–H groups in total. The number of hydrogen-bond donors (Lipinski definition) is 1. The van der Waals surface area contributed by atoms with Gasteiger partial charge < -0.3 is 10.2 Å². The second kappa shape index (κ2) is 6.67. The average molecular weight is 302 g/mol. The van der Waals surface area contributed by atoms with Crippen LogP contribution >= 0.6 is 11.8 Å². The molecule has 1 amide bonds. The van der Waals surface area contributed by atoms with Crippen LogP contribution in [0.1, 0.15) is 18.4 Å². The second-order valence-electron chi connectivity index (χ2n) is 5.94. The zero-order valence-corrected chi connectivity index (χ0v) is 13.2. The zero-order valence-electron chi connectivity index (χ0n) is 12.4. The molecule has 0 spiro atoms. The molecule has 3 fully saturated rings. The van der Waals surface area contributed by atoms with Crippen LogP contribution in [-0.2, 0) is 4.79 Å². The highest BCUT2D eigenvalue weighted by Gasteiger charge is 2.34. The first-order valence-electron chi connectivity index (χ1n) is 7.64. The number of carbonyl (C=O) groups excluding carboxylic acids is 1. The molecule has 0 aliphatic carbocycles. The third-order valence-electron chi connectivity index (χ3n) is 4.49. The third kappa shape index (κ3) is 3.69. The van der Waals surface area contributed by atoms with Crippen molar-refractivity contribution in [2.24, 2.45) is 5.92 Å². The van der Waals surface area contributed by atoms with Crippen LogP contribution in [-0.4, -0.2) is 36.5 Å².